The molecule has 0 radical (unpaired) electrons. The Hall–Kier alpha value is -1.76. The molecule has 1 atom stereocenters. The Kier molecular flexibility index (Phi) is 4.72. The van der Waals surface area contributed by atoms with Gasteiger partial charge in [0.1, 0.15) is 5.75 Å². The van der Waals surface area contributed by atoms with Gasteiger partial charge in [-0.1, -0.05) is 18.2 Å². The molecule has 1 amide bonds. The minimum absolute atomic E-state index is 0.00482. The fourth-order valence-corrected chi connectivity index (χ4v) is 2.35. The number of para-hydroxylation sites is 1. The molecule has 0 aliphatic carbocycles. The van der Waals surface area contributed by atoms with Crippen LogP contribution in [0.5, 0.6) is 5.75 Å². The highest BCUT2D eigenvalue weighted by molar-refractivity contribution is 5.76. The minimum Gasteiger partial charge on any atom is -0.406 e. The van der Waals surface area contributed by atoms with Gasteiger partial charge in [0, 0.05) is 25.6 Å². The van der Waals surface area contributed by atoms with Crippen LogP contribution in [0.4, 0.5) is 13.2 Å². The van der Waals surface area contributed by atoms with Gasteiger partial charge in [0.2, 0.25) is 5.91 Å². The number of ether oxygens (including phenoxy) is 1. The Balaban J connectivity index is 1.95. The number of carbonyl (C=O) groups excluding carboxylic acids is 1. The lowest BCUT2D eigenvalue weighted by atomic mass is 10.1. The van der Waals surface area contributed by atoms with Crippen molar-refractivity contribution in [1.82, 2.24) is 4.90 Å². The lowest BCUT2D eigenvalue weighted by Gasteiger charge is -2.17. The van der Waals surface area contributed by atoms with Gasteiger partial charge in [0.15, 0.2) is 0 Å². The second kappa shape index (κ2) is 6.34. The highest BCUT2D eigenvalue weighted by Crippen LogP contribution is 2.27. The van der Waals surface area contributed by atoms with Crippen LogP contribution in [-0.4, -0.2) is 36.3 Å². The molecule has 1 saturated heterocycles. The molecule has 1 heterocycles. The summed E-state index contributed by atoms with van der Waals surface area (Å²) in [6.45, 7) is 1.13. The van der Waals surface area contributed by atoms with E-state index in [4.69, 9.17) is 5.73 Å². The second-order valence-electron chi connectivity index (χ2n) is 5.04. The third kappa shape index (κ3) is 4.63. The first-order chi connectivity index (χ1) is 9.85. The molecule has 1 aromatic carbocycles. The molecule has 1 aliphatic heterocycles. The fraction of sp³-hybridized carbons (Fsp3) is 0.500. The van der Waals surface area contributed by atoms with E-state index in [1.54, 1.807) is 11.0 Å². The van der Waals surface area contributed by atoms with Crippen LogP contribution in [0, 0.1) is 0 Å². The van der Waals surface area contributed by atoms with Crippen molar-refractivity contribution in [2.24, 2.45) is 5.73 Å². The van der Waals surface area contributed by atoms with Crippen molar-refractivity contribution >= 4 is 5.91 Å². The number of aryl methyl sites for hydroxylation is 1. The van der Waals surface area contributed by atoms with E-state index in [0.29, 0.717) is 18.7 Å². The van der Waals surface area contributed by atoms with Crippen LogP contribution in [0.15, 0.2) is 24.3 Å². The first kappa shape index (κ1) is 15.6. The summed E-state index contributed by atoms with van der Waals surface area (Å²) >= 11 is 0. The smallest absolute Gasteiger partial charge is 0.406 e. The van der Waals surface area contributed by atoms with E-state index in [2.05, 4.69) is 4.74 Å². The molecule has 0 saturated carbocycles. The number of likely N-dealkylation sites (tertiary alicyclic amines) is 1. The molecule has 1 aromatic rings. The van der Waals surface area contributed by atoms with Gasteiger partial charge in [-0.3, -0.25) is 4.79 Å². The molecule has 0 spiro atoms. The summed E-state index contributed by atoms with van der Waals surface area (Å²) in [5.41, 5.74) is 6.09. The van der Waals surface area contributed by atoms with Crippen molar-refractivity contribution in [3.63, 3.8) is 0 Å². The fourth-order valence-electron chi connectivity index (χ4n) is 2.35. The van der Waals surface area contributed by atoms with E-state index in [1.807, 2.05) is 0 Å². The van der Waals surface area contributed by atoms with Gasteiger partial charge in [-0.25, -0.2) is 0 Å². The molecule has 2 N–H and O–H groups in total. The molecule has 4 nitrogen and oxygen atoms in total. The molecular weight excluding hydrogens is 285 g/mol. The number of benzene rings is 1. The highest BCUT2D eigenvalue weighted by Gasteiger charge is 2.32. The molecule has 1 fully saturated rings. The number of hydrogen-bond donors (Lipinski definition) is 1. The topological polar surface area (TPSA) is 55.6 Å². The van der Waals surface area contributed by atoms with Crippen LogP contribution in [0.25, 0.3) is 0 Å². The van der Waals surface area contributed by atoms with Gasteiger partial charge in [-0.15, -0.1) is 13.2 Å². The average Bonchev–Trinajstić information content (AvgIpc) is 2.82. The molecule has 1 aliphatic rings. The molecular formula is C14H17F3N2O2. The van der Waals surface area contributed by atoms with Crippen molar-refractivity contribution < 1.29 is 22.7 Å². The third-order valence-corrected chi connectivity index (χ3v) is 3.38. The number of carbonyl (C=O) groups is 1. The number of alkyl halides is 3. The zero-order chi connectivity index (χ0) is 15.5. The largest absolute Gasteiger partial charge is 0.573 e. The maximum absolute atomic E-state index is 12.3. The predicted octanol–water partition coefficient (Wildman–Crippen LogP) is 2.08. The molecule has 21 heavy (non-hydrogen) atoms. The summed E-state index contributed by atoms with van der Waals surface area (Å²) in [4.78, 5) is 13.6. The van der Waals surface area contributed by atoms with Crippen LogP contribution < -0.4 is 10.5 Å². The molecule has 2 rings (SSSR count). The summed E-state index contributed by atoms with van der Waals surface area (Å²) in [5.74, 6) is -0.347. The van der Waals surface area contributed by atoms with Gasteiger partial charge >= 0.3 is 6.36 Å². The van der Waals surface area contributed by atoms with Crippen molar-refractivity contribution in [2.75, 3.05) is 13.1 Å². The molecule has 0 aromatic heterocycles. The van der Waals surface area contributed by atoms with E-state index in [1.165, 1.54) is 18.2 Å². The zero-order valence-electron chi connectivity index (χ0n) is 11.4. The van der Waals surface area contributed by atoms with E-state index in [0.717, 1.165) is 6.42 Å². The second-order valence-corrected chi connectivity index (χ2v) is 5.04. The van der Waals surface area contributed by atoms with E-state index >= 15 is 0 Å². The van der Waals surface area contributed by atoms with Crippen molar-refractivity contribution in [2.45, 2.75) is 31.7 Å². The minimum atomic E-state index is -4.73. The quantitative estimate of drug-likeness (QED) is 0.926. The Labute approximate surface area is 120 Å². The Morgan fingerprint density at radius 1 is 1.38 bits per heavy atom. The van der Waals surface area contributed by atoms with Crippen molar-refractivity contribution in [3.8, 4) is 5.75 Å². The van der Waals surface area contributed by atoms with Crippen LogP contribution in [-0.2, 0) is 11.2 Å². The first-order valence-corrected chi connectivity index (χ1v) is 6.72. The van der Waals surface area contributed by atoms with Crippen molar-refractivity contribution in [3.05, 3.63) is 29.8 Å². The molecule has 7 heteroatoms. The van der Waals surface area contributed by atoms with Crippen LogP contribution in [0.3, 0.4) is 0 Å². The number of halogens is 3. The number of nitrogens with zero attached hydrogens (tertiary/aromatic N) is 1. The van der Waals surface area contributed by atoms with Gasteiger partial charge in [-0.2, -0.15) is 0 Å². The van der Waals surface area contributed by atoms with Gasteiger partial charge in [-0.05, 0) is 24.5 Å². The highest BCUT2D eigenvalue weighted by atomic mass is 19.4. The summed E-state index contributed by atoms with van der Waals surface area (Å²) in [6.07, 6.45) is -3.62. The normalized spacial score (nSPS) is 18.9. The summed E-state index contributed by atoms with van der Waals surface area (Å²) < 4.78 is 40.9. The predicted molar refractivity (Wildman–Crippen MR) is 70.6 cm³/mol. The number of rotatable bonds is 4. The molecule has 0 bridgehead atoms. The SMILES string of the molecule is N[C@H]1CCN(C(=O)CCc2ccccc2OC(F)(F)F)C1. The third-order valence-electron chi connectivity index (χ3n) is 3.38. The maximum atomic E-state index is 12.3. The first-order valence-electron chi connectivity index (χ1n) is 6.72. The maximum Gasteiger partial charge on any atom is 0.573 e. The van der Waals surface area contributed by atoms with Crippen LogP contribution in [0.1, 0.15) is 18.4 Å². The average molecular weight is 302 g/mol. The van der Waals surface area contributed by atoms with Crippen molar-refractivity contribution in [1.29, 1.82) is 0 Å². The van der Waals surface area contributed by atoms with Gasteiger partial charge < -0.3 is 15.4 Å². The zero-order valence-corrected chi connectivity index (χ0v) is 11.4. The lowest BCUT2D eigenvalue weighted by Crippen LogP contribution is -2.32. The standard InChI is InChI=1S/C14H17F3N2O2/c15-14(16,17)21-12-4-2-1-3-10(12)5-6-13(20)19-8-7-11(18)9-19/h1-4,11H,5-9,18H2/t11-/m0/s1. The summed E-state index contributed by atoms with van der Waals surface area (Å²) in [7, 11) is 0. The Morgan fingerprint density at radius 2 is 2.10 bits per heavy atom. The molecule has 0 unspecified atom stereocenters. The van der Waals surface area contributed by atoms with Gasteiger partial charge in [0.05, 0.1) is 0 Å². The number of amides is 1. The van der Waals surface area contributed by atoms with E-state index in [-0.39, 0.29) is 30.5 Å². The Bertz CT molecular complexity index is 505. The van der Waals surface area contributed by atoms with Crippen LogP contribution >= 0.6 is 0 Å². The lowest BCUT2D eigenvalue weighted by molar-refractivity contribution is -0.274. The Morgan fingerprint density at radius 3 is 2.71 bits per heavy atom. The molecule has 116 valence electrons. The number of nitrogens with two attached hydrogens (primary N) is 1. The monoisotopic (exact) mass is 302 g/mol. The van der Waals surface area contributed by atoms with E-state index < -0.39 is 6.36 Å². The summed E-state index contributed by atoms with van der Waals surface area (Å²) in [5, 5.41) is 0. The van der Waals surface area contributed by atoms with Gasteiger partial charge in [0.25, 0.3) is 0 Å². The van der Waals surface area contributed by atoms with Crippen LogP contribution in [0.2, 0.25) is 0 Å². The number of hydrogen-bond acceptors (Lipinski definition) is 3. The van der Waals surface area contributed by atoms with E-state index in [9.17, 15) is 18.0 Å². The summed E-state index contributed by atoms with van der Waals surface area (Å²) in [6, 6.07) is 5.86.